The molecule has 0 aliphatic rings. The molecule has 0 heterocycles. The lowest BCUT2D eigenvalue weighted by molar-refractivity contribution is 0.102. The Kier molecular flexibility index (Phi) is 5.41. The molecule has 0 saturated heterocycles. The van der Waals surface area contributed by atoms with E-state index in [0.29, 0.717) is 11.8 Å². The average Bonchev–Trinajstić information content (AvgIpc) is 2.64. The lowest BCUT2D eigenvalue weighted by Crippen LogP contribution is -2.16. The monoisotopic (exact) mass is 402 g/mol. The van der Waals surface area contributed by atoms with Crippen LogP contribution < -0.4 is 10.0 Å². The summed E-state index contributed by atoms with van der Waals surface area (Å²) in [6.45, 7) is 1.83. The summed E-state index contributed by atoms with van der Waals surface area (Å²) < 4.78 is 54.3. The number of carbonyl (C=O) groups excluding carboxylic acids is 1. The lowest BCUT2D eigenvalue weighted by Gasteiger charge is -2.11. The molecule has 0 bridgehead atoms. The number of rotatable bonds is 5. The van der Waals surface area contributed by atoms with E-state index in [1.54, 1.807) is 18.2 Å². The van der Waals surface area contributed by atoms with E-state index in [4.69, 9.17) is 0 Å². The van der Waals surface area contributed by atoms with Crippen LogP contribution in [0.5, 0.6) is 0 Å². The highest BCUT2D eigenvalue weighted by Gasteiger charge is 2.17. The van der Waals surface area contributed by atoms with E-state index < -0.39 is 27.6 Å². The van der Waals surface area contributed by atoms with Gasteiger partial charge in [-0.05, 0) is 55.0 Å². The summed E-state index contributed by atoms with van der Waals surface area (Å²) in [6, 6.07) is 14.9. The zero-order valence-electron chi connectivity index (χ0n) is 14.7. The van der Waals surface area contributed by atoms with Crippen LogP contribution in [0, 0.1) is 18.6 Å². The Morgan fingerprint density at radius 2 is 1.68 bits per heavy atom. The lowest BCUT2D eigenvalue weighted by atomic mass is 10.2. The molecule has 3 aromatic rings. The SMILES string of the molecule is Cc1cccc(NS(=O)(=O)c2cccc(C(=O)Nc3ccc(F)cc3F)c2)c1. The molecule has 0 unspecified atom stereocenters. The van der Waals surface area contributed by atoms with Crippen molar-refractivity contribution in [2.45, 2.75) is 11.8 Å². The van der Waals surface area contributed by atoms with E-state index in [1.807, 2.05) is 13.0 Å². The number of sulfonamides is 1. The minimum Gasteiger partial charge on any atom is -0.319 e. The van der Waals surface area contributed by atoms with Crippen molar-refractivity contribution in [1.29, 1.82) is 0 Å². The normalized spacial score (nSPS) is 11.1. The van der Waals surface area contributed by atoms with E-state index in [0.717, 1.165) is 17.7 Å². The first kappa shape index (κ1) is 19.5. The second-order valence-corrected chi connectivity index (χ2v) is 7.76. The predicted octanol–water partition coefficient (Wildman–Crippen LogP) is 4.33. The van der Waals surface area contributed by atoms with Crippen LogP contribution in [-0.4, -0.2) is 14.3 Å². The largest absolute Gasteiger partial charge is 0.319 e. The maximum Gasteiger partial charge on any atom is 0.261 e. The number of halogens is 2. The third-order valence-electron chi connectivity index (χ3n) is 3.86. The van der Waals surface area contributed by atoms with Gasteiger partial charge in [0, 0.05) is 17.3 Å². The van der Waals surface area contributed by atoms with Gasteiger partial charge in [0.15, 0.2) is 0 Å². The third-order valence-corrected chi connectivity index (χ3v) is 5.24. The van der Waals surface area contributed by atoms with Crippen LogP contribution in [0.2, 0.25) is 0 Å². The fourth-order valence-electron chi connectivity index (χ4n) is 2.51. The number of hydrogen-bond donors (Lipinski definition) is 2. The van der Waals surface area contributed by atoms with Gasteiger partial charge in [-0.1, -0.05) is 18.2 Å². The van der Waals surface area contributed by atoms with Crippen LogP contribution in [-0.2, 0) is 10.0 Å². The fourth-order valence-corrected chi connectivity index (χ4v) is 3.61. The molecule has 0 fully saturated rings. The molecule has 5 nitrogen and oxygen atoms in total. The molecule has 0 aromatic heterocycles. The molecule has 2 N–H and O–H groups in total. The summed E-state index contributed by atoms with van der Waals surface area (Å²) in [4.78, 5) is 12.2. The van der Waals surface area contributed by atoms with Crippen molar-refractivity contribution >= 4 is 27.3 Å². The van der Waals surface area contributed by atoms with Gasteiger partial charge in [0.1, 0.15) is 11.6 Å². The molecule has 3 aromatic carbocycles. The Morgan fingerprint density at radius 3 is 2.39 bits per heavy atom. The molecule has 8 heteroatoms. The van der Waals surface area contributed by atoms with E-state index in [2.05, 4.69) is 10.0 Å². The highest BCUT2D eigenvalue weighted by atomic mass is 32.2. The smallest absolute Gasteiger partial charge is 0.261 e. The molecule has 28 heavy (non-hydrogen) atoms. The fraction of sp³-hybridized carbons (Fsp3) is 0.0500. The van der Waals surface area contributed by atoms with Crippen molar-refractivity contribution < 1.29 is 22.0 Å². The second-order valence-electron chi connectivity index (χ2n) is 6.08. The zero-order valence-corrected chi connectivity index (χ0v) is 15.6. The van der Waals surface area contributed by atoms with Crippen molar-refractivity contribution in [1.82, 2.24) is 0 Å². The quantitative estimate of drug-likeness (QED) is 0.667. The maximum absolute atomic E-state index is 13.7. The van der Waals surface area contributed by atoms with Gasteiger partial charge in [0.2, 0.25) is 0 Å². The summed E-state index contributed by atoms with van der Waals surface area (Å²) in [5, 5.41) is 2.29. The van der Waals surface area contributed by atoms with E-state index in [-0.39, 0.29) is 16.1 Å². The van der Waals surface area contributed by atoms with Gasteiger partial charge in [-0.3, -0.25) is 9.52 Å². The Labute approximate surface area is 161 Å². The number of hydrogen-bond acceptors (Lipinski definition) is 3. The number of anilines is 2. The molecule has 144 valence electrons. The van der Waals surface area contributed by atoms with Crippen molar-refractivity contribution in [2.75, 3.05) is 10.0 Å². The predicted molar refractivity (Wildman–Crippen MR) is 103 cm³/mol. The Morgan fingerprint density at radius 1 is 0.929 bits per heavy atom. The van der Waals surface area contributed by atoms with Gasteiger partial charge >= 0.3 is 0 Å². The molecular weight excluding hydrogens is 386 g/mol. The van der Waals surface area contributed by atoms with Crippen LogP contribution in [0.1, 0.15) is 15.9 Å². The standard InChI is InChI=1S/C20H16F2N2O3S/c1-13-4-2-6-16(10-13)24-28(26,27)17-7-3-5-14(11-17)20(25)23-19-9-8-15(21)12-18(19)22/h2-12,24H,1H3,(H,23,25). The molecule has 0 radical (unpaired) electrons. The summed E-state index contributed by atoms with van der Waals surface area (Å²) in [6.07, 6.45) is 0. The molecule has 3 rings (SSSR count). The van der Waals surface area contributed by atoms with Gasteiger partial charge in [-0.15, -0.1) is 0 Å². The van der Waals surface area contributed by atoms with Gasteiger partial charge < -0.3 is 5.32 Å². The number of carbonyl (C=O) groups is 1. The van der Waals surface area contributed by atoms with Crippen LogP contribution in [0.15, 0.2) is 71.6 Å². The van der Waals surface area contributed by atoms with Crippen LogP contribution in [0.25, 0.3) is 0 Å². The maximum atomic E-state index is 13.7. The highest BCUT2D eigenvalue weighted by Crippen LogP contribution is 2.20. The minimum absolute atomic E-state index is 0.0100. The number of benzene rings is 3. The minimum atomic E-state index is -3.93. The summed E-state index contributed by atoms with van der Waals surface area (Å²) in [7, 11) is -3.93. The Bertz CT molecular complexity index is 1150. The highest BCUT2D eigenvalue weighted by molar-refractivity contribution is 7.92. The van der Waals surface area contributed by atoms with Crippen molar-refractivity contribution in [3.05, 3.63) is 89.5 Å². The molecule has 0 atom stereocenters. The summed E-state index contributed by atoms with van der Waals surface area (Å²) >= 11 is 0. The first-order valence-corrected chi connectivity index (χ1v) is 9.69. The third kappa shape index (κ3) is 4.52. The molecule has 0 aliphatic carbocycles. The molecule has 0 aliphatic heterocycles. The molecular formula is C20H16F2N2O3S. The van der Waals surface area contributed by atoms with Crippen LogP contribution >= 0.6 is 0 Å². The summed E-state index contributed by atoms with van der Waals surface area (Å²) in [5.74, 6) is -2.43. The van der Waals surface area contributed by atoms with E-state index >= 15 is 0 Å². The van der Waals surface area contributed by atoms with E-state index in [9.17, 15) is 22.0 Å². The van der Waals surface area contributed by atoms with Gasteiger partial charge in [0.25, 0.3) is 15.9 Å². The molecule has 0 spiro atoms. The molecule has 0 saturated carbocycles. The van der Waals surface area contributed by atoms with Crippen molar-refractivity contribution in [3.8, 4) is 0 Å². The Hall–Kier alpha value is -3.26. The number of nitrogens with one attached hydrogen (secondary N) is 2. The van der Waals surface area contributed by atoms with Crippen LogP contribution in [0.3, 0.4) is 0 Å². The zero-order chi connectivity index (χ0) is 20.3. The first-order valence-electron chi connectivity index (χ1n) is 8.20. The van der Waals surface area contributed by atoms with Crippen LogP contribution in [0.4, 0.5) is 20.2 Å². The van der Waals surface area contributed by atoms with Gasteiger partial charge in [-0.25, -0.2) is 17.2 Å². The molecule has 1 amide bonds. The average molecular weight is 402 g/mol. The van der Waals surface area contributed by atoms with Gasteiger partial charge in [-0.2, -0.15) is 0 Å². The summed E-state index contributed by atoms with van der Waals surface area (Å²) in [5.41, 5.74) is 1.08. The second kappa shape index (κ2) is 7.77. The van der Waals surface area contributed by atoms with Crippen molar-refractivity contribution in [3.63, 3.8) is 0 Å². The first-order chi connectivity index (χ1) is 13.2. The van der Waals surface area contributed by atoms with Crippen molar-refractivity contribution in [2.24, 2.45) is 0 Å². The Balaban J connectivity index is 1.83. The topological polar surface area (TPSA) is 75.3 Å². The number of aryl methyl sites for hydroxylation is 1. The van der Waals surface area contributed by atoms with Gasteiger partial charge in [0.05, 0.1) is 10.6 Å². The number of amides is 1. The van der Waals surface area contributed by atoms with E-state index in [1.165, 1.54) is 24.3 Å².